The largest absolute Gasteiger partial charge is 0.377 e. The number of nitriles is 1. The van der Waals surface area contributed by atoms with Gasteiger partial charge in [0, 0.05) is 25.2 Å². The first-order chi connectivity index (χ1) is 10.0. The first-order valence-corrected chi connectivity index (χ1v) is 7.12. The van der Waals surface area contributed by atoms with Crippen LogP contribution in [0.2, 0.25) is 5.02 Å². The van der Waals surface area contributed by atoms with Gasteiger partial charge in [-0.1, -0.05) is 23.7 Å². The predicted octanol–water partition coefficient (Wildman–Crippen LogP) is 4.45. The number of anilines is 2. The standard InChI is InChI=1S/C17H18ClN3/c1-12(14-6-4-13(11-19)5-7-14)20-16-10-15(18)8-9-17(16)21(2)3/h4-10,12,20H,1-3H3. The number of rotatable bonds is 4. The number of nitrogens with one attached hydrogen (secondary N) is 1. The van der Waals surface area contributed by atoms with Gasteiger partial charge in [0.25, 0.3) is 0 Å². The van der Waals surface area contributed by atoms with Crippen LogP contribution in [0, 0.1) is 11.3 Å². The molecular formula is C17H18ClN3. The summed E-state index contributed by atoms with van der Waals surface area (Å²) in [6, 6.07) is 15.7. The summed E-state index contributed by atoms with van der Waals surface area (Å²) in [5, 5.41) is 13.0. The third kappa shape index (κ3) is 3.68. The highest BCUT2D eigenvalue weighted by atomic mass is 35.5. The summed E-state index contributed by atoms with van der Waals surface area (Å²) in [6.45, 7) is 2.09. The van der Waals surface area contributed by atoms with E-state index in [-0.39, 0.29) is 6.04 Å². The molecule has 2 aromatic rings. The summed E-state index contributed by atoms with van der Waals surface area (Å²) in [5.74, 6) is 0. The van der Waals surface area contributed by atoms with Gasteiger partial charge in [-0.15, -0.1) is 0 Å². The van der Waals surface area contributed by atoms with Crippen molar-refractivity contribution >= 4 is 23.0 Å². The highest BCUT2D eigenvalue weighted by Gasteiger charge is 2.10. The van der Waals surface area contributed by atoms with E-state index in [0.29, 0.717) is 10.6 Å². The lowest BCUT2D eigenvalue weighted by atomic mass is 10.1. The van der Waals surface area contributed by atoms with Gasteiger partial charge in [0.2, 0.25) is 0 Å². The van der Waals surface area contributed by atoms with Gasteiger partial charge in [-0.05, 0) is 42.8 Å². The van der Waals surface area contributed by atoms with Crippen LogP contribution in [0.4, 0.5) is 11.4 Å². The Hall–Kier alpha value is -2.18. The van der Waals surface area contributed by atoms with Gasteiger partial charge < -0.3 is 10.2 Å². The zero-order valence-electron chi connectivity index (χ0n) is 12.4. The zero-order valence-corrected chi connectivity index (χ0v) is 13.1. The van der Waals surface area contributed by atoms with Gasteiger partial charge in [0.05, 0.1) is 23.0 Å². The van der Waals surface area contributed by atoms with E-state index in [0.717, 1.165) is 16.9 Å². The van der Waals surface area contributed by atoms with Crippen molar-refractivity contribution in [2.75, 3.05) is 24.3 Å². The highest BCUT2D eigenvalue weighted by molar-refractivity contribution is 6.31. The highest BCUT2D eigenvalue weighted by Crippen LogP contribution is 2.31. The van der Waals surface area contributed by atoms with Crippen LogP contribution in [0.25, 0.3) is 0 Å². The van der Waals surface area contributed by atoms with Crippen LogP contribution in [0.3, 0.4) is 0 Å². The van der Waals surface area contributed by atoms with E-state index in [1.165, 1.54) is 0 Å². The first-order valence-electron chi connectivity index (χ1n) is 6.74. The number of hydrogen-bond donors (Lipinski definition) is 1. The van der Waals surface area contributed by atoms with Crippen LogP contribution in [0.15, 0.2) is 42.5 Å². The van der Waals surface area contributed by atoms with E-state index in [2.05, 4.69) is 18.3 Å². The minimum Gasteiger partial charge on any atom is -0.377 e. The van der Waals surface area contributed by atoms with Crippen LogP contribution in [0.1, 0.15) is 24.1 Å². The Morgan fingerprint density at radius 3 is 2.38 bits per heavy atom. The second kappa shape index (κ2) is 6.51. The molecule has 1 unspecified atom stereocenters. The number of benzene rings is 2. The molecule has 1 N–H and O–H groups in total. The molecule has 21 heavy (non-hydrogen) atoms. The number of hydrogen-bond acceptors (Lipinski definition) is 3. The zero-order chi connectivity index (χ0) is 15.4. The Labute approximate surface area is 130 Å². The SMILES string of the molecule is CC(Nc1cc(Cl)ccc1N(C)C)c1ccc(C#N)cc1. The summed E-state index contributed by atoms with van der Waals surface area (Å²) >= 11 is 6.10. The van der Waals surface area contributed by atoms with Gasteiger partial charge in [-0.3, -0.25) is 0 Å². The van der Waals surface area contributed by atoms with Crippen molar-refractivity contribution in [1.29, 1.82) is 5.26 Å². The molecule has 0 aliphatic heterocycles. The van der Waals surface area contributed by atoms with E-state index in [9.17, 15) is 0 Å². The van der Waals surface area contributed by atoms with Gasteiger partial charge in [0.15, 0.2) is 0 Å². The average Bonchev–Trinajstić information content (AvgIpc) is 2.47. The second-order valence-electron chi connectivity index (χ2n) is 5.16. The molecule has 0 aliphatic carbocycles. The average molecular weight is 300 g/mol. The topological polar surface area (TPSA) is 39.1 Å². The van der Waals surface area contributed by atoms with Crippen LogP contribution >= 0.6 is 11.6 Å². The number of nitrogens with zero attached hydrogens (tertiary/aromatic N) is 2. The van der Waals surface area contributed by atoms with E-state index in [1.54, 1.807) is 0 Å². The molecule has 3 nitrogen and oxygen atoms in total. The smallest absolute Gasteiger partial charge is 0.0991 e. The van der Waals surface area contributed by atoms with Crippen LogP contribution < -0.4 is 10.2 Å². The molecule has 2 aromatic carbocycles. The Balaban J connectivity index is 2.24. The summed E-state index contributed by atoms with van der Waals surface area (Å²) < 4.78 is 0. The van der Waals surface area contributed by atoms with Crippen molar-refractivity contribution in [1.82, 2.24) is 0 Å². The maximum Gasteiger partial charge on any atom is 0.0991 e. The maximum absolute atomic E-state index is 8.84. The fourth-order valence-electron chi connectivity index (χ4n) is 2.18. The Kier molecular flexibility index (Phi) is 4.72. The van der Waals surface area contributed by atoms with Crippen molar-refractivity contribution < 1.29 is 0 Å². The second-order valence-corrected chi connectivity index (χ2v) is 5.59. The third-order valence-corrected chi connectivity index (χ3v) is 3.59. The van der Waals surface area contributed by atoms with Gasteiger partial charge >= 0.3 is 0 Å². The molecule has 4 heteroatoms. The van der Waals surface area contributed by atoms with Crippen LogP contribution in [-0.2, 0) is 0 Å². The van der Waals surface area contributed by atoms with E-state index in [4.69, 9.17) is 16.9 Å². The van der Waals surface area contributed by atoms with Gasteiger partial charge in [-0.25, -0.2) is 0 Å². The lowest BCUT2D eigenvalue weighted by molar-refractivity contribution is 0.882. The van der Waals surface area contributed by atoms with E-state index < -0.39 is 0 Å². The van der Waals surface area contributed by atoms with Gasteiger partial charge in [-0.2, -0.15) is 5.26 Å². The molecule has 0 amide bonds. The quantitative estimate of drug-likeness (QED) is 0.906. The molecule has 0 saturated carbocycles. The molecule has 0 saturated heterocycles. The molecule has 0 aromatic heterocycles. The van der Waals surface area contributed by atoms with Crippen molar-refractivity contribution in [2.45, 2.75) is 13.0 Å². The predicted molar refractivity (Wildman–Crippen MR) is 89.0 cm³/mol. The first kappa shape index (κ1) is 15.2. The molecule has 0 fully saturated rings. The minimum absolute atomic E-state index is 0.120. The van der Waals surface area contributed by atoms with Crippen molar-refractivity contribution in [3.05, 3.63) is 58.6 Å². The monoisotopic (exact) mass is 299 g/mol. The molecule has 108 valence electrons. The summed E-state index contributed by atoms with van der Waals surface area (Å²) in [7, 11) is 4.00. The molecule has 0 heterocycles. The molecule has 0 bridgehead atoms. The van der Waals surface area contributed by atoms with Crippen molar-refractivity contribution in [3.63, 3.8) is 0 Å². The Bertz CT molecular complexity index is 657. The lowest BCUT2D eigenvalue weighted by Gasteiger charge is -2.22. The van der Waals surface area contributed by atoms with E-state index in [1.807, 2.05) is 61.5 Å². The van der Waals surface area contributed by atoms with E-state index >= 15 is 0 Å². The summed E-state index contributed by atoms with van der Waals surface area (Å²) in [6.07, 6.45) is 0. The summed E-state index contributed by atoms with van der Waals surface area (Å²) in [5.41, 5.74) is 3.87. The molecule has 2 rings (SSSR count). The lowest BCUT2D eigenvalue weighted by Crippen LogP contribution is -2.14. The fraction of sp³-hybridized carbons (Fsp3) is 0.235. The summed E-state index contributed by atoms with van der Waals surface area (Å²) in [4.78, 5) is 2.05. The van der Waals surface area contributed by atoms with Crippen molar-refractivity contribution in [3.8, 4) is 6.07 Å². The van der Waals surface area contributed by atoms with Crippen LogP contribution in [0.5, 0.6) is 0 Å². The van der Waals surface area contributed by atoms with Gasteiger partial charge in [0.1, 0.15) is 0 Å². The van der Waals surface area contributed by atoms with Crippen LogP contribution in [-0.4, -0.2) is 14.1 Å². The normalized spacial score (nSPS) is 11.6. The Morgan fingerprint density at radius 1 is 1.14 bits per heavy atom. The maximum atomic E-state index is 8.84. The van der Waals surface area contributed by atoms with Crippen molar-refractivity contribution in [2.24, 2.45) is 0 Å². The number of halogens is 1. The third-order valence-electron chi connectivity index (χ3n) is 3.35. The molecular weight excluding hydrogens is 282 g/mol. The molecule has 0 spiro atoms. The molecule has 1 atom stereocenters. The molecule has 0 radical (unpaired) electrons. The minimum atomic E-state index is 0.120. The molecule has 0 aliphatic rings. The Morgan fingerprint density at radius 2 is 1.81 bits per heavy atom. The fourth-order valence-corrected chi connectivity index (χ4v) is 2.35.